The maximum absolute atomic E-state index is 2.47. The highest BCUT2D eigenvalue weighted by molar-refractivity contribution is 5.91. The van der Waals surface area contributed by atoms with Gasteiger partial charge in [-0.3, -0.25) is 0 Å². The van der Waals surface area contributed by atoms with Crippen molar-refractivity contribution in [3.63, 3.8) is 0 Å². The van der Waals surface area contributed by atoms with Crippen molar-refractivity contribution in [1.29, 1.82) is 0 Å². The lowest BCUT2D eigenvalue weighted by atomic mass is 9.63. The molecule has 8 aromatic rings. The monoisotopic (exact) mass is 698 g/mol. The molecule has 0 amide bonds. The molecule has 0 fully saturated rings. The van der Waals surface area contributed by atoms with Crippen molar-refractivity contribution in [2.24, 2.45) is 0 Å². The number of rotatable bonds is 7. The zero-order valence-corrected chi connectivity index (χ0v) is 31.6. The summed E-state index contributed by atoms with van der Waals surface area (Å²) in [6.45, 7) is 9.62. The molecule has 2 heteroatoms. The first kappa shape index (κ1) is 33.7. The lowest BCUT2D eigenvalue weighted by molar-refractivity contribution is 0.332. The van der Waals surface area contributed by atoms with Crippen LogP contribution < -0.4 is 9.80 Å². The topological polar surface area (TPSA) is 6.48 Å². The summed E-state index contributed by atoms with van der Waals surface area (Å²) in [6, 6.07) is 66.6. The highest BCUT2D eigenvalue weighted by Crippen LogP contribution is 2.48. The van der Waals surface area contributed by atoms with E-state index in [1.165, 1.54) is 62.3 Å². The highest BCUT2D eigenvalue weighted by atomic mass is 15.1. The van der Waals surface area contributed by atoms with Crippen molar-refractivity contribution >= 4 is 55.7 Å². The van der Waals surface area contributed by atoms with Crippen LogP contribution in [0.1, 0.15) is 51.7 Å². The van der Waals surface area contributed by atoms with E-state index in [0.717, 1.165) is 28.4 Å². The van der Waals surface area contributed by atoms with Crippen LogP contribution in [0, 0.1) is 0 Å². The third kappa shape index (κ3) is 6.22. The Kier molecular flexibility index (Phi) is 8.35. The molecule has 0 spiro atoms. The number of para-hydroxylation sites is 1. The van der Waals surface area contributed by atoms with Crippen LogP contribution >= 0.6 is 0 Å². The molecule has 0 atom stereocenters. The summed E-state index contributed by atoms with van der Waals surface area (Å²) in [7, 11) is 0. The Balaban J connectivity index is 1.12. The van der Waals surface area contributed by atoms with Crippen LogP contribution in [0.4, 0.5) is 34.1 Å². The molecule has 0 saturated heterocycles. The van der Waals surface area contributed by atoms with Crippen LogP contribution in [0.15, 0.2) is 182 Å². The predicted molar refractivity (Wildman–Crippen MR) is 232 cm³/mol. The standard InChI is InChI=1S/C52H46N2/c1-51(2)31-32-52(3,4)50-36-48(29-30-49(50)51)54(47-28-24-38-14-9-11-16-41(38)35-47)44-25-21-39(22-26-44)42-17-12-20-45(33-42)53(43-18-6-5-7-19-43)46-27-23-37-13-8-10-15-40(37)34-46/h5-30,33-36H,31-32H2,1-4H3. The van der Waals surface area contributed by atoms with E-state index >= 15 is 0 Å². The maximum atomic E-state index is 2.47. The van der Waals surface area contributed by atoms with Crippen molar-refractivity contribution < 1.29 is 0 Å². The van der Waals surface area contributed by atoms with E-state index in [4.69, 9.17) is 0 Å². The minimum absolute atomic E-state index is 0.116. The summed E-state index contributed by atoms with van der Waals surface area (Å²) in [4.78, 5) is 4.78. The third-order valence-corrected chi connectivity index (χ3v) is 11.7. The molecule has 0 aliphatic heterocycles. The maximum Gasteiger partial charge on any atom is 0.0468 e. The fourth-order valence-electron chi connectivity index (χ4n) is 8.45. The van der Waals surface area contributed by atoms with Gasteiger partial charge in [0.15, 0.2) is 0 Å². The van der Waals surface area contributed by atoms with Crippen molar-refractivity contribution in [2.45, 2.75) is 51.4 Å². The third-order valence-electron chi connectivity index (χ3n) is 11.7. The number of hydrogen-bond donors (Lipinski definition) is 0. The first-order chi connectivity index (χ1) is 26.2. The molecular weight excluding hydrogens is 653 g/mol. The molecule has 0 saturated carbocycles. The van der Waals surface area contributed by atoms with Gasteiger partial charge in [-0.2, -0.15) is 0 Å². The molecule has 0 aromatic heterocycles. The zero-order valence-electron chi connectivity index (χ0n) is 31.6. The second-order valence-corrected chi connectivity index (χ2v) is 16.2. The molecule has 0 unspecified atom stereocenters. The molecule has 1 aliphatic carbocycles. The van der Waals surface area contributed by atoms with Gasteiger partial charge in [-0.1, -0.05) is 137 Å². The number of fused-ring (bicyclic) bond motifs is 3. The normalized spacial score (nSPS) is 14.4. The van der Waals surface area contributed by atoms with Crippen LogP contribution in [0.25, 0.3) is 32.7 Å². The molecule has 0 N–H and O–H groups in total. The molecule has 54 heavy (non-hydrogen) atoms. The van der Waals surface area contributed by atoms with Crippen LogP contribution in [0.3, 0.4) is 0 Å². The Morgan fingerprint density at radius 3 is 1.37 bits per heavy atom. The molecule has 1 aliphatic rings. The minimum atomic E-state index is 0.116. The predicted octanol–water partition coefficient (Wildman–Crippen LogP) is 14.9. The number of benzene rings is 8. The summed E-state index contributed by atoms with van der Waals surface area (Å²) in [5, 5.41) is 4.95. The Labute approximate surface area is 320 Å². The van der Waals surface area contributed by atoms with E-state index in [1.54, 1.807) is 0 Å². The lowest BCUT2D eigenvalue weighted by Gasteiger charge is -2.42. The fraction of sp³-hybridized carbons (Fsp3) is 0.154. The van der Waals surface area contributed by atoms with Gasteiger partial charge >= 0.3 is 0 Å². The van der Waals surface area contributed by atoms with Gasteiger partial charge in [-0.15, -0.1) is 0 Å². The summed E-state index contributed by atoms with van der Waals surface area (Å²) < 4.78 is 0. The van der Waals surface area contributed by atoms with Crippen molar-refractivity contribution in [3.05, 3.63) is 193 Å². The largest absolute Gasteiger partial charge is 0.310 e. The molecule has 2 nitrogen and oxygen atoms in total. The number of hydrogen-bond acceptors (Lipinski definition) is 2. The molecule has 0 bridgehead atoms. The second-order valence-electron chi connectivity index (χ2n) is 16.2. The quantitative estimate of drug-likeness (QED) is 0.163. The Hall–Kier alpha value is -6.12. The van der Waals surface area contributed by atoms with Gasteiger partial charge in [-0.25, -0.2) is 0 Å². The van der Waals surface area contributed by atoms with Crippen molar-refractivity contribution in [3.8, 4) is 11.1 Å². The SMILES string of the molecule is CC1(C)CCC(C)(C)c2cc(N(c3ccc(-c4cccc(N(c5ccccc5)c5ccc6ccccc6c5)c4)cc3)c3ccc4ccccc4c3)ccc21. The fourth-order valence-corrected chi connectivity index (χ4v) is 8.45. The van der Waals surface area contributed by atoms with E-state index in [9.17, 15) is 0 Å². The van der Waals surface area contributed by atoms with Gasteiger partial charge < -0.3 is 9.80 Å². The molecule has 264 valence electrons. The Morgan fingerprint density at radius 2 is 0.759 bits per heavy atom. The van der Waals surface area contributed by atoms with E-state index < -0.39 is 0 Å². The van der Waals surface area contributed by atoms with Gasteiger partial charge in [0.25, 0.3) is 0 Å². The Morgan fingerprint density at radius 1 is 0.315 bits per heavy atom. The summed E-state index contributed by atoms with van der Waals surface area (Å²) in [6.07, 6.45) is 2.39. The lowest BCUT2D eigenvalue weighted by Crippen LogP contribution is -2.34. The zero-order chi connectivity index (χ0) is 36.9. The molecule has 0 heterocycles. The first-order valence-corrected chi connectivity index (χ1v) is 19.2. The molecule has 8 aromatic carbocycles. The summed E-state index contributed by atoms with van der Waals surface area (Å²) >= 11 is 0. The molecule has 0 radical (unpaired) electrons. The highest BCUT2D eigenvalue weighted by Gasteiger charge is 2.37. The average Bonchev–Trinajstić information content (AvgIpc) is 3.21. The number of nitrogens with zero attached hydrogens (tertiary/aromatic N) is 2. The van der Waals surface area contributed by atoms with Crippen LogP contribution in [0.2, 0.25) is 0 Å². The van der Waals surface area contributed by atoms with E-state index in [0.29, 0.717) is 0 Å². The van der Waals surface area contributed by atoms with E-state index in [1.807, 2.05) is 0 Å². The summed E-state index contributed by atoms with van der Waals surface area (Å²) in [5.41, 5.74) is 12.4. The van der Waals surface area contributed by atoms with Gasteiger partial charge in [0.1, 0.15) is 0 Å². The summed E-state index contributed by atoms with van der Waals surface area (Å²) in [5.74, 6) is 0. The van der Waals surface area contributed by atoms with Gasteiger partial charge in [-0.05, 0) is 140 Å². The van der Waals surface area contributed by atoms with E-state index in [-0.39, 0.29) is 10.8 Å². The first-order valence-electron chi connectivity index (χ1n) is 19.2. The second kappa shape index (κ2) is 13.4. The molecular formula is C52H46N2. The van der Waals surface area contributed by atoms with Crippen LogP contribution in [0.5, 0.6) is 0 Å². The average molecular weight is 699 g/mol. The van der Waals surface area contributed by atoms with Crippen molar-refractivity contribution in [1.82, 2.24) is 0 Å². The van der Waals surface area contributed by atoms with Crippen LogP contribution in [-0.2, 0) is 10.8 Å². The van der Waals surface area contributed by atoms with Gasteiger partial charge in [0.05, 0.1) is 0 Å². The molecule has 9 rings (SSSR count). The number of anilines is 6. The smallest absolute Gasteiger partial charge is 0.0468 e. The van der Waals surface area contributed by atoms with Crippen LogP contribution in [-0.4, -0.2) is 0 Å². The Bertz CT molecular complexity index is 2620. The van der Waals surface area contributed by atoms with Gasteiger partial charge in [0.2, 0.25) is 0 Å². The minimum Gasteiger partial charge on any atom is -0.310 e. The van der Waals surface area contributed by atoms with E-state index in [2.05, 4.69) is 219 Å². The van der Waals surface area contributed by atoms with Crippen molar-refractivity contribution in [2.75, 3.05) is 9.80 Å². The van der Waals surface area contributed by atoms with Gasteiger partial charge in [0, 0.05) is 34.1 Å².